The van der Waals surface area contributed by atoms with Gasteiger partial charge in [0.15, 0.2) is 0 Å². The first kappa shape index (κ1) is 16.5. The number of nitrogens with zero attached hydrogens (tertiary/aromatic N) is 1. The molecule has 23 heavy (non-hydrogen) atoms. The maximum Gasteiger partial charge on any atom is 0.142 e. The van der Waals surface area contributed by atoms with E-state index in [4.69, 9.17) is 46.4 Å². The molecule has 0 radical (unpaired) electrons. The Hall–Kier alpha value is -1.32. The van der Waals surface area contributed by atoms with Gasteiger partial charge in [-0.15, -0.1) is 0 Å². The Morgan fingerprint density at radius 1 is 0.652 bits per heavy atom. The van der Waals surface area contributed by atoms with Crippen molar-refractivity contribution < 1.29 is 4.39 Å². The van der Waals surface area contributed by atoms with Gasteiger partial charge in [0.2, 0.25) is 0 Å². The van der Waals surface area contributed by atoms with E-state index in [0.29, 0.717) is 21.2 Å². The minimum atomic E-state index is -0.492. The highest BCUT2D eigenvalue weighted by molar-refractivity contribution is 6.44. The SMILES string of the molecule is Fc1c(-c2cccc(Cl)c2Cl)cncc1-c1cccc(Cl)c1Cl. The average molecular weight is 387 g/mol. The van der Waals surface area contributed by atoms with E-state index in [9.17, 15) is 0 Å². The number of rotatable bonds is 2. The van der Waals surface area contributed by atoms with Crippen LogP contribution in [0.3, 0.4) is 0 Å². The van der Waals surface area contributed by atoms with Crippen LogP contribution in [0.25, 0.3) is 22.3 Å². The monoisotopic (exact) mass is 385 g/mol. The Morgan fingerprint density at radius 3 is 1.52 bits per heavy atom. The van der Waals surface area contributed by atoms with Crippen LogP contribution in [-0.4, -0.2) is 4.98 Å². The van der Waals surface area contributed by atoms with Gasteiger partial charge in [0, 0.05) is 34.6 Å². The molecule has 0 saturated heterocycles. The molecule has 3 aromatic rings. The first-order valence-corrected chi connectivity index (χ1v) is 8.04. The molecule has 0 bridgehead atoms. The second-order valence-electron chi connectivity index (χ2n) is 4.75. The Morgan fingerprint density at radius 2 is 1.09 bits per heavy atom. The predicted molar refractivity (Wildman–Crippen MR) is 95.1 cm³/mol. The van der Waals surface area contributed by atoms with E-state index in [1.54, 1.807) is 36.4 Å². The lowest BCUT2D eigenvalue weighted by Gasteiger charge is -2.11. The minimum Gasteiger partial charge on any atom is -0.263 e. The molecule has 1 heterocycles. The number of hydrogen-bond donors (Lipinski definition) is 0. The van der Waals surface area contributed by atoms with Crippen LogP contribution in [-0.2, 0) is 0 Å². The maximum atomic E-state index is 15.0. The van der Waals surface area contributed by atoms with E-state index in [2.05, 4.69) is 4.98 Å². The number of benzene rings is 2. The predicted octanol–water partition coefficient (Wildman–Crippen LogP) is 7.17. The van der Waals surface area contributed by atoms with Crippen molar-refractivity contribution in [1.82, 2.24) is 4.98 Å². The molecule has 3 rings (SSSR count). The van der Waals surface area contributed by atoms with Crippen molar-refractivity contribution in [1.29, 1.82) is 0 Å². The van der Waals surface area contributed by atoms with E-state index in [1.807, 2.05) is 0 Å². The Kier molecular flexibility index (Phi) is 4.79. The molecular weight excluding hydrogens is 379 g/mol. The highest BCUT2D eigenvalue weighted by Gasteiger charge is 2.18. The molecule has 0 spiro atoms. The van der Waals surface area contributed by atoms with E-state index < -0.39 is 5.82 Å². The quantitative estimate of drug-likeness (QED) is 0.454. The van der Waals surface area contributed by atoms with Crippen LogP contribution in [0.1, 0.15) is 0 Å². The highest BCUT2D eigenvalue weighted by atomic mass is 35.5. The Bertz CT molecular complexity index is 826. The molecule has 0 N–H and O–H groups in total. The fourth-order valence-electron chi connectivity index (χ4n) is 2.24. The van der Waals surface area contributed by atoms with Crippen LogP contribution >= 0.6 is 46.4 Å². The van der Waals surface area contributed by atoms with Crippen molar-refractivity contribution in [2.75, 3.05) is 0 Å². The highest BCUT2D eigenvalue weighted by Crippen LogP contribution is 2.39. The van der Waals surface area contributed by atoms with Gasteiger partial charge in [-0.3, -0.25) is 4.98 Å². The van der Waals surface area contributed by atoms with Crippen LogP contribution in [0.15, 0.2) is 48.8 Å². The van der Waals surface area contributed by atoms with Gasteiger partial charge >= 0.3 is 0 Å². The lowest BCUT2D eigenvalue weighted by atomic mass is 10.0. The lowest BCUT2D eigenvalue weighted by molar-refractivity contribution is 0.633. The average Bonchev–Trinajstić information content (AvgIpc) is 2.54. The van der Waals surface area contributed by atoms with Crippen LogP contribution in [0, 0.1) is 5.82 Å². The fourth-order valence-corrected chi connectivity index (χ4v) is 3.05. The third kappa shape index (κ3) is 3.05. The minimum absolute atomic E-state index is 0.242. The molecule has 0 fully saturated rings. The summed E-state index contributed by atoms with van der Waals surface area (Å²) in [7, 11) is 0. The smallest absolute Gasteiger partial charge is 0.142 e. The normalized spacial score (nSPS) is 10.8. The number of halogens is 5. The van der Waals surface area contributed by atoms with Crippen molar-refractivity contribution in [2.45, 2.75) is 0 Å². The Balaban J connectivity index is 2.24. The summed E-state index contributed by atoms with van der Waals surface area (Å²) in [5.74, 6) is -0.492. The molecule has 0 saturated carbocycles. The second kappa shape index (κ2) is 6.66. The molecule has 1 aromatic heterocycles. The fraction of sp³-hybridized carbons (Fsp3) is 0. The van der Waals surface area contributed by atoms with E-state index in [0.717, 1.165) is 0 Å². The molecule has 116 valence electrons. The van der Waals surface area contributed by atoms with Gasteiger partial charge in [-0.05, 0) is 12.1 Å². The van der Waals surface area contributed by atoms with Crippen molar-refractivity contribution in [3.05, 3.63) is 74.7 Å². The molecule has 0 aliphatic rings. The summed E-state index contributed by atoms with van der Waals surface area (Å²) in [4.78, 5) is 4.10. The lowest BCUT2D eigenvalue weighted by Crippen LogP contribution is -1.93. The van der Waals surface area contributed by atoms with E-state index in [-0.39, 0.29) is 21.2 Å². The van der Waals surface area contributed by atoms with Crippen molar-refractivity contribution in [3.63, 3.8) is 0 Å². The van der Waals surface area contributed by atoms with Gasteiger partial charge in [0.05, 0.1) is 20.1 Å². The standard InChI is InChI=1S/C17H8Cl4FN/c18-13-5-1-3-9(15(13)20)11-7-23-8-12(17(11)22)10-4-2-6-14(19)16(10)21/h1-8H. The molecule has 1 nitrogen and oxygen atoms in total. The van der Waals surface area contributed by atoms with Crippen LogP contribution < -0.4 is 0 Å². The van der Waals surface area contributed by atoms with Crippen molar-refractivity contribution >= 4 is 46.4 Å². The number of hydrogen-bond acceptors (Lipinski definition) is 1. The van der Waals surface area contributed by atoms with E-state index >= 15 is 4.39 Å². The van der Waals surface area contributed by atoms with Gasteiger partial charge in [0.25, 0.3) is 0 Å². The summed E-state index contributed by atoms with van der Waals surface area (Å²) >= 11 is 24.4. The van der Waals surface area contributed by atoms with Gasteiger partial charge in [-0.25, -0.2) is 4.39 Å². The van der Waals surface area contributed by atoms with Gasteiger partial charge in [-0.2, -0.15) is 0 Å². The summed E-state index contributed by atoms with van der Waals surface area (Å²) < 4.78 is 15.0. The van der Waals surface area contributed by atoms with Crippen LogP contribution in [0.4, 0.5) is 4.39 Å². The molecule has 0 atom stereocenters. The maximum absolute atomic E-state index is 15.0. The summed E-state index contributed by atoms with van der Waals surface area (Å²) in [6.07, 6.45) is 2.80. The van der Waals surface area contributed by atoms with Crippen LogP contribution in [0.2, 0.25) is 20.1 Å². The molecule has 0 amide bonds. The van der Waals surface area contributed by atoms with Crippen molar-refractivity contribution in [2.24, 2.45) is 0 Å². The topological polar surface area (TPSA) is 12.9 Å². The second-order valence-corrected chi connectivity index (χ2v) is 6.32. The summed E-state index contributed by atoms with van der Waals surface area (Å²) in [6, 6.07) is 10.0. The molecular formula is C17H8Cl4FN. The zero-order chi connectivity index (χ0) is 16.6. The van der Waals surface area contributed by atoms with Crippen LogP contribution in [0.5, 0.6) is 0 Å². The zero-order valence-electron chi connectivity index (χ0n) is 11.5. The number of pyridine rings is 1. The third-order valence-electron chi connectivity index (χ3n) is 3.36. The van der Waals surface area contributed by atoms with Gasteiger partial charge in [0.1, 0.15) is 5.82 Å². The molecule has 6 heteroatoms. The first-order valence-electron chi connectivity index (χ1n) is 6.53. The van der Waals surface area contributed by atoms with Gasteiger partial charge in [-0.1, -0.05) is 70.7 Å². The summed E-state index contributed by atoms with van der Waals surface area (Å²) in [6.45, 7) is 0. The first-order chi connectivity index (χ1) is 11.0. The summed E-state index contributed by atoms with van der Waals surface area (Å²) in [5.41, 5.74) is 1.41. The molecule has 0 aliphatic heterocycles. The van der Waals surface area contributed by atoms with Gasteiger partial charge < -0.3 is 0 Å². The summed E-state index contributed by atoms with van der Waals surface area (Å²) in [5, 5.41) is 1.22. The van der Waals surface area contributed by atoms with Crippen molar-refractivity contribution in [3.8, 4) is 22.3 Å². The van der Waals surface area contributed by atoms with E-state index in [1.165, 1.54) is 12.4 Å². The molecule has 2 aromatic carbocycles. The number of aromatic nitrogens is 1. The Labute approximate surface area is 152 Å². The third-order valence-corrected chi connectivity index (χ3v) is 5.00. The largest absolute Gasteiger partial charge is 0.263 e. The molecule has 0 unspecified atom stereocenters. The zero-order valence-corrected chi connectivity index (χ0v) is 14.5. The molecule has 0 aliphatic carbocycles.